The average molecular weight is 1170 g/mol. The molecule has 0 radical (unpaired) electrons. The summed E-state index contributed by atoms with van der Waals surface area (Å²) in [6.45, 7) is 14.6. The Labute approximate surface area is 469 Å². The van der Waals surface area contributed by atoms with Crippen molar-refractivity contribution in [1.29, 1.82) is 0 Å². The monoisotopic (exact) mass is 1170 g/mol. The number of benzene rings is 8. The molecule has 4 aliphatic rings. The first-order valence-electron chi connectivity index (χ1n) is 23.9. The number of nitrogens with two attached hydrogens (primary N) is 1. The predicted octanol–water partition coefficient (Wildman–Crippen LogP) is 10.1. The summed E-state index contributed by atoms with van der Waals surface area (Å²) in [5, 5.41) is 36.0. The lowest BCUT2D eigenvalue weighted by atomic mass is 9.93. The number of ether oxygens (including phenoxy) is 3. The molecule has 0 saturated heterocycles. The van der Waals surface area contributed by atoms with Crippen LogP contribution in [-0.4, -0.2) is 98.1 Å². The molecule has 0 aliphatic carbocycles. The van der Waals surface area contributed by atoms with E-state index >= 15 is 0 Å². The van der Waals surface area contributed by atoms with Gasteiger partial charge in [-0.25, -0.2) is 38.5 Å². The Morgan fingerprint density at radius 3 is 1.24 bits per heavy atom. The van der Waals surface area contributed by atoms with Crippen molar-refractivity contribution in [2.24, 2.45) is 5.73 Å². The molecule has 24 heteroatoms. The van der Waals surface area contributed by atoms with Crippen LogP contribution in [0.5, 0.6) is 0 Å². The molecule has 4 heterocycles. The number of nitrogens with zero attached hydrogens (tertiary/aromatic N) is 4. The second-order valence-corrected chi connectivity index (χ2v) is 18.3. The van der Waals surface area contributed by atoms with Crippen LogP contribution in [0.15, 0.2) is 132 Å². The highest BCUT2D eigenvalue weighted by molar-refractivity contribution is 9.10. The van der Waals surface area contributed by atoms with Gasteiger partial charge in [0, 0.05) is 56.5 Å². The highest BCUT2D eigenvalue weighted by atomic mass is 79.9. The first kappa shape index (κ1) is 58.6. The number of carbonyl (C=O) groups excluding carboxylic acids is 8. The van der Waals surface area contributed by atoms with Crippen LogP contribution in [0, 0.1) is 23.3 Å². The molecule has 8 aromatic rings. The van der Waals surface area contributed by atoms with E-state index in [0.717, 1.165) is 20.1 Å². The van der Waals surface area contributed by atoms with Gasteiger partial charge in [0.2, 0.25) is 0 Å². The van der Waals surface area contributed by atoms with Crippen molar-refractivity contribution in [2.45, 2.75) is 25.7 Å². The molecule has 23 nitrogen and oxygen atoms in total. The molecule has 12 rings (SSSR count). The summed E-state index contributed by atoms with van der Waals surface area (Å²) in [5.74, 6) is -6.27. The van der Waals surface area contributed by atoms with Crippen LogP contribution in [0.25, 0.3) is 52.8 Å². The fourth-order valence-electron chi connectivity index (χ4n) is 8.85. The maximum absolute atomic E-state index is 12.6. The second kappa shape index (κ2) is 25.6. The summed E-state index contributed by atoms with van der Waals surface area (Å²) in [6, 6.07) is 35.9. The number of imide groups is 1. The number of carboxylic acid groups (broad SMARTS) is 2. The number of amides is 2. The molecule has 0 unspecified atom stereocenters. The van der Waals surface area contributed by atoms with E-state index in [9.17, 15) is 47.9 Å². The zero-order valence-corrected chi connectivity index (χ0v) is 43.7. The largest absolute Gasteiger partial charge is 0.481 e. The fourth-order valence-corrected chi connectivity index (χ4v) is 9.32. The number of rotatable bonds is 7. The van der Waals surface area contributed by atoms with Gasteiger partial charge >= 0.3 is 47.8 Å². The standard InChI is InChI=1S/C17H12N2O4.C13H5NO3.C12H5BrO3.C12H6O3.C4H9NO2.HNO3/c1-18-11-8-10-4-2-5-12-15(10)13(9-11)17(23)19(16(12)22)7-3-6-14(20)21;1-14-8-5-7-3-2-4-9-11(7)10(6-8)13(16)17-12(9)15;13-7-4-6-2-1-3-8-10(6)9(5-7)12(15)16-11(8)14;13-11-8-5-1-3-7-4-2-6-9(10(7)8)12(14)15-11;5-3-1-2-4(6)7;2-1(3)4/h2,4-5,8-9H,3,6-7H2,(H,20,21);2-6H;1-5H;1-6H;1-3,5H2,(H,6,7);(H,2,3,4). The molecule has 5 N–H and O–H groups in total. The van der Waals surface area contributed by atoms with E-state index < -0.39 is 64.7 Å². The van der Waals surface area contributed by atoms with Crippen molar-refractivity contribution < 1.29 is 82.7 Å². The van der Waals surface area contributed by atoms with E-state index in [1.54, 1.807) is 91.0 Å². The summed E-state index contributed by atoms with van der Waals surface area (Å²) >= 11 is 3.32. The van der Waals surface area contributed by atoms with E-state index in [4.69, 9.17) is 44.4 Å². The van der Waals surface area contributed by atoms with Crippen molar-refractivity contribution in [3.8, 4) is 0 Å². The van der Waals surface area contributed by atoms with Gasteiger partial charge in [0.25, 0.3) is 16.9 Å². The Balaban J connectivity index is 0.000000150. The maximum Gasteiger partial charge on any atom is 0.346 e. The lowest BCUT2D eigenvalue weighted by molar-refractivity contribution is -0.742. The van der Waals surface area contributed by atoms with Crippen molar-refractivity contribution in [3.63, 3.8) is 0 Å². The summed E-state index contributed by atoms with van der Waals surface area (Å²) in [5.41, 5.74) is 8.87. The van der Waals surface area contributed by atoms with Gasteiger partial charge in [-0.1, -0.05) is 76.6 Å². The first-order chi connectivity index (χ1) is 39.2. The van der Waals surface area contributed by atoms with E-state index in [1.165, 1.54) is 12.1 Å². The Bertz CT molecular complexity index is 4110. The number of carbonyl (C=O) groups is 10. The average Bonchev–Trinajstić information content (AvgIpc) is 2.24. The Kier molecular flexibility index (Phi) is 18.3. The number of aliphatic carboxylic acids is 2. The third kappa shape index (κ3) is 12.9. The maximum atomic E-state index is 12.6. The van der Waals surface area contributed by atoms with Crippen LogP contribution < -0.4 is 5.73 Å². The lowest BCUT2D eigenvalue weighted by Crippen LogP contribution is -2.41. The predicted molar refractivity (Wildman–Crippen MR) is 292 cm³/mol. The van der Waals surface area contributed by atoms with E-state index in [1.807, 2.05) is 24.3 Å². The van der Waals surface area contributed by atoms with Gasteiger partial charge < -0.3 is 35.4 Å². The van der Waals surface area contributed by atoms with Crippen molar-refractivity contribution in [1.82, 2.24) is 4.90 Å². The summed E-state index contributed by atoms with van der Waals surface area (Å²) < 4.78 is 14.7. The van der Waals surface area contributed by atoms with Crippen LogP contribution in [0.4, 0.5) is 11.4 Å². The number of hydrogen-bond donors (Lipinski definition) is 4. The number of hydrogen-bond acceptors (Lipinski definition) is 16. The minimum atomic E-state index is -1.50. The molecule has 8 aromatic carbocycles. The topological polar surface area (TPSA) is 340 Å². The van der Waals surface area contributed by atoms with Gasteiger partial charge in [-0.15, -0.1) is 10.1 Å². The van der Waals surface area contributed by atoms with Crippen molar-refractivity contribution in [3.05, 3.63) is 209 Å². The summed E-state index contributed by atoms with van der Waals surface area (Å²) in [7, 11) is 0. The third-order valence-electron chi connectivity index (χ3n) is 12.2. The summed E-state index contributed by atoms with van der Waals surface area (Å²) in [4.78, 5) is 131. The van der Waals surface area contributed by atoms with Gasteiger partial charge in [-0.05, 0) is 108 Å². The van der Waals surface area contributed by atoms with E-state index in [-0.39, 0.29) is 31.4 Å². The molecule has 0 spiro atoms. The number of carboxylic acids is 2. The smallest absolute Gasteiger partial charge is 0.346 e. The number of cyclic esters (lactones) is 6. The Morgan fingerprint density at radius 1 is 0.512 bits per heavy atom. The van der Waals surface area contributed by atoms with Gasteiger partial charge in [0.1, 0.15) is 0 Å². The first-order valence-corrected chi connectivity index (χ1v) is 24.7. The molecule has 0 bridgehead atoms. The molecule has 2 amide bonds. The molecule has 4 aliphatic heterocycles. The molecule has 0 saturated carbocycles. The molecular formula is C58H38BrN5O18. The minimum absolute atomic E-state index is 0.0437. The number of halogens is 1. The zero-order valence-electron chi connectivity index (χ0n) is 42.1. The summed E-state index contributed by atoms with van der Waals surface area (Å²) in [6.07, 6.45) is 0.850. The highest BCUT2D eigenvalue weighted by Crippen LogP contribution is 2.36. The van der Waals surface area contributed by atoms with Crippen LogP contribution in [-0.2, 0) is 23.8 Å². The lowest BCUT2D eigenvalue weighted by Gasteiger charge is -2.27. The third-order valence-corrected chi connectivity index (χ3v) is 12.7. The molecule has 82 heavy (non-hydrogen) atoms. The minimum Gasteiger partial charge on any atom is -0.481 e. The van der Waals surface area contributed by atoms with E-state index in [0.29, 0.717) is 95.6 Å². The molecule has 0 aromatic heterocycles. The van der Waals surface area contributed by atoms with Crippen LogP contribution in [0.3, 0.4) is 0 Å². The zero-order chi connectivity index (χ0) is 59.5. The van der Waals surface area contributed by atoms with Crippen LogP contribution >= 0.6 is 15.9 Å². The quantitative estimate of drug-likeness (QED) is 0.0219. The molecule has 410 valence electrons. The SMILES string of the molecule is NCCCC(=O)O.O=C1OC(=O)c2cc(Br)cc3cccc1c23.O=C1OC(=O)c2cccc3cccc1c23.O=[N+]([O-])O.[C-]#[N+]c1cc2c3c(cccc3c1)C(=O)N(CCCC(=O)O)C2=O.[C-]#[N+]c1cc2c3c(cccc3c1)C(=O)OC2=O. The van der Waals surface area contributed by atoms with Crippen molar-refractivity contribution >= 4 is 130 Å². The van der Waals surface area contributed by atoms with Gasteiger partial charge in [0.05, 0.1) is 46.5 Å². The van der Waals surface area contributed by atoms with Gasteiger partial charge in [-0.2, -0.15) is 0 Å². The molecule has 0 fully saturated rings. The van der Waals surface area contributed by atoms with Crippen molar-refractivity contribution in [2.75, 3.05) is 13.1 Å². The molecule has 0 atom stereocenters. The van der Waals surface area contributed by atoms with Gasteiger partial charge in [0.15, 0.2) is 11.4 Å². The van der Waals surface area contributed by atoms with Gasteiger partial charge in [-0.3, -0.25) is 24.1 Å². The Hall–Kier alpha value is -11.1. The normalized spacial score (nSPS) is 12.9. The van der Waals surface area contributed by atoms with E-state index in [2.05, 4.69) is 39.8 Å². The second-order valence-electron chi connectivity index (χ2n) is 17.4. The van der Waals surface area contributed by atoms with Crippen LogP contribution in [0.1, 0.15) is 109 Å². The fraction of sp³-hybridized carbons (Fsp3) is 0.103. The Morgan fingerprint density at radius 2 is 0.841 bits per heavy atom. The number of esters is 6. The highest BCUT2D eigenvalue weighted by Gasteiger charge is 2.33. The molecular weight excluding hydrogens is 1130 g/mol. The van der Waals surface area contributed by atoms with Crippen LogP contribution in [0.2, 0.25) is 0 Å².